The van der Waals surface area contributed by atoms with Crippen molar-refractivity contribution in [3.05, 3.63) is 35.1 Å². The molecule has 0 aliphatic heterocycles. The minimum Gasteiger partial charge on any atom is -0.207 e. The highest BCUT2D eigenvalue weighted by Gasteiger charge is 2.15. The second-order valence-electron chi connectivity index (χ2n) is 2.66. The van der Waals surface area contributed by atoms with Gasteiger partial charge >= 0.3 is 0 Å². The Bertz CT molecular complexity index is 312. The lowest BCUT2D eigenvalue weighted by Gasteiger charge is -2.08. The Morgan fingerprint density at radius 3 is 2.23 bits per heavy atom. The molecule has 4 heteroatoms. The highest BCUT2D eigenvalue weighted by molar-refractivity contribution is 6.20. The van der Waals surface area contributed by atoms with Gasteiger partial charge in [0.25, 0.3) is 0 Å². The fourth-order valence-electron chi connectivity index (χ4n) is 0.998. The van der Waals surface area contributed by atoms with E-state index in [0.717, 1.165) is 6.07 Å². The Hall–Kier alpha value is -0.700. The van der Waals surface area contributed by atoms with Crippen molar-refractivity contribution in [3.8, 4) is 0 Å². The zero-order valence-electron chi connectivity index (χ0n) is 6.95. The molecule has 1 unspecified atom stereocenters. The van der Waals surface area contributed by atoms with E-state index >= 15 is 0 Å². The topological polar surface area (TPSA) is 0 Å². The van der Waals surface area contributed by atoms with Crippen molar-refractivity contribution in [1.29, 1.82) is 0 Å². The fourth-order valence-corrected chi connectivity index (χ4v) is 1.17. The van der Waals surface area contributed by atoms with Crippen molar-refractivity contribution in [3.63, 3.8) is 0 Å². The van der Waals surface area contributed by atoms with Gasteiger partial charge in [0.05, 0.1) is 5.38 Å². The third-order valence-corrected chi connectivity index (χ3v) is 2.28. The van der Waals surface area contributed by atoms with Crippen molar-refractivity contribution < 1.29 is 13.2 Å². The summed E-state index contributed by atoms with van der Waals surface area (Å²) >= 11 is 5.69. The van der Waals surface area contributed by atoms with E-state index in [9.17, 15) is 13.2 Å². The van der Waals surface area contributed by atoms with Crippen LogP contribution in [0.1, 0.15) is 24.3 Å². The third-order valence-electron chi connectivity index (χ3n) is 1.74. The van der Waals surface area contributed by atoms with Crippen LogP contribution in [0.2, 0.25) is 0 Å². The van der Waals surface area contributed by atoms with Gasteiger partial charge in [0.2, 0.25) is 0 Å². The van der Waals surface area contributed by atoms with Crippen molar-refractivity contribution >= 4 is 11.6 Å². The molecule has 72 valence electrons. The standard InChI is InChI=1S/C9H8ClF3/c1-2-6(10)5-3-8(12)9(13)4-7(5)11/h3-4,6H,2H2,1H3. The molecule has 0 aromatic heterocycles. The quantitative estimate of drug-likeness (QED) is 0.512. The molecule has 0 heterocycles. The number of halogens is 4. The monoisotopic (exact) mass is 208 g/mol. The molecule has 1 rings (SSSR count). The normalized spacial score (nSPS) is 13.0. The van der Waals surface area contributed by atoms with Crippen molar-refractivity contribution in [2.75, 3.05) is 0 Å². The highest BCUT2D eigenvalue weighted by atomic mass is 35.5. The first kappa shape index (κ1) is 10.4. The van der Waals surface area contributed by atoms with E-state index in [1.807, 2.05) is 0 Å². The lowest BCUT2D eigenvalue weighted by atomic mass is 10.1. The largest absolute Gasteiger partial charge is 0.207 e. The summed E-state index contributed by atoms with van der Waals surface area (Å²) in [5.41, 5.74) is 0.00284. The lowest BCUT2D eigenvalue weighted by molar-refractivity contribution is 0.489. The van der Waals surface area contributed by atoms with E-state index in [1.54, 1.807) is 6.92 Å². The molecule has 0 amide bonds. The Kier molecular flexibility index (Phi) is 3.20. The molecular weight excluding hydrogens is 201 g/mol. The molecule has 0 nitrogen and oxygen atoms in total. The molecule has 1 atom stereocenters. The van der Waals surface area contributed by atoms with Crippen LogP contribution in [-0.2, 0) is 0 Å². The van der Waals surface area contributed by atoms with Crippen LogP contribution in [0.25, 0.3) is 0 Å². The van der Waals surface area contributed by atoms with Gasteiger partial charge in [-0.25, -0.2) is 13.2 Å². The maximum absolute atomic E-state index is 13.0. The van der Waals surface area contributed by atoms with E-state index in [2.05, 4.69) is 0 Å². The summed E-state index contributed by atoms with van der Waals surface area (Å²) in [6, 6.07) is 1.31. The first-order valence-corrected chi connectivity index (χ1v) is 4.28. The number of rotatable bonds is 2. The van der Waals surface area contributed by atoms with Crippen LogP contribution in [0, 0.1) is 17.5 Å². The summed E-state index contributed by atoms with van der Waals surface area (Å²) in [6.07, 6.45) is 0.462. The van der Waals surface area contributed by atoms with Gasteiger partial charge in [0, 0.05) is 11.6 Å². The second-order valence-corrected chi connectivity index (χ2v) is 3.19. The van der Waals surface area contributed by atoms with E-state index in [0.29, 0.717) is 12.5 Å². The molecule has 13 heavy (non-hydrogen) atoms. The zero-order chi connectivity index (χ0) is 10.0. The molecule has 0 aliphatic carbocycles. The molecule has 0 saturated carbocycles. The van der Waals surface area contributed by atoms with Gasteiger partial charge in [-0.3, -0.25) is 0 Å². The maximum atomic E-state index is 13.0. The molecule has 0 saturated heterocycles. The average Bonchev–Trinajstić information content (AvgIpc) is 2.10. The summed E-state index contributed by atoms with van der Waals surface area (Å²) in [5, 5.41) is -0.616. The first-order chi connectivity index (χ1) is 6.06. The Balaban J connectivity index is 3.15. The van der Waals surface area contributed by atoms with Gasteiger partial charge in [-0.15, -0.1) is 11.6 Å². The summed E-state index contributed by atoms with van der Waals surface area (Å²) in [5.74, 6) is -3.07. The smallest absolute Gasteiger partial charge is 0.161 e. The molecule has 0 radical (unpaired) electrons. The van der Waals surface area contributed by atoms with Crippen LogP contribution in [0.4, 0.5) is 13.2 Å². The number of hydrogen-bond donors (Lipinski definition) is 0. The van der Waals surface area contributed by atoms with Crippen LogP contribution in [0.3, 0.4) is 0 Å². The summed E-state index contributed by atoms with van der Waals surface area (Å²) in [6.45, 7) is 1.73. The zero-order valence-corrected chi connectivity index (χ0v) is 7.71. The van der Waals surface area contributed by atoms with Crippen LogP contribution < -0.4 is 0 Å². The van der Waals surface area contributed by atoms with Crippen LogP contribution in [0.5, 0.6) is 0 Å². The number of alkyl halides is 1. The molecule has 0 N–H and O–H groups in total. The molecule has 0 fully saturated rings. The van der Waals surface area contributed by atoms with Crippen molar-refractivity contribution in [2.24, 2.45) is 0 Å². The fraction of sp³-hybridized carbons (Fsp3) is 0.333. The van der Waals surface area contributed by atoms with Crippen LogP contribution >= 0.6 is 11.6 Å². The van der Waals surface area contributed by atoms with Crippen molar-refractivity contribution in [2.45, 2.75) is 18.7 Å². The molecule has 1 aromatic rings. The van der Waals surface area contributed by atoms with Gasteiger partial charge in [-0.2, -0.15) is 0 Å². The second kappa shape index (κ2) is 4.01. The first-order valence-electron chi connectivity index (χ1n) is 3.84. The minimum atomic E-state index is -1.19. The minimum absolute atomic E-state index is 0.00284. The SMILES string of the molecule is CCC(Cl)c1cc(F)c(F)cc1F. The van der Waals surface area contributed by atoms with Gasteiger partial charge in [0.15, 0.2) is 11.6 Å². The summed E-state index contributed by atoms with van der Waals surface area (Å²) in [4.78, 5) is 0. The van der Waals surface area contributed by atoms with Crippen molar-refractivity contribution in [1.82, 2.24) is 0 Å². The van der Waals surface area contributed by atoms with Gasteiger partial charge < -0.3 is 0 Å². The average molecular weight is 209 g/mol. The van der Waals surface area contributed by atoms with Gasteiger partial charge in [0.1, 0.15) is 5.82 Å². The predicted octanol–water partition coefficient (Wildman–Crippen LogP) is 3.79. The molecule has 0 bridgehead atoms. The Morgan fingerprint density at radius 2 is 1.69 bits per heavy atom. The number of hydrogen-bond acceptors (Lipinski definition) is 0. The molecule has 0 spiro atoms. The van der Waals surface area contributed by atoms with E-state index in [-0.39, 0.29) is 5.56 Å². The molecule has 1 aromatic carbocycles. The molecular formula is C9H8ClF3. The highest BCUT2D eigenvalue weighted by Crippen LogP contribution is 2.27. The summed E-state index contributed by atoms with van der Waals surface area (Å²) < 4.78 is 38.1. The van der Waals surface area contributed by atoms with E-state index < -0.39 is 22.8 Å². The third kappa shape index (κ3) is 2.15. The predicted molar refractivity (Wildman–Crippen MR) is 45.2 cm³/mol. The Morgan fingerprint density at radius 1 is 1.15 bits per heavy atom. The summed E-state index contributed by atoms with van der Waals surface area (Å²) in [7, 11) is 0. The lowest BCUT2D eigenvalue weighted by Crippen LogP contribution is -1.97. The maximum Gasteiger partial charge on any atom is 0.161 e. The van der Waals surface area contributed by atoms with Gasteiger partial charge in [-0.05, 0) is 12.5 Å². The van der Waals surface area contributed by atoms with Gasteiger partial charge in [-0.1, -0.05) is 6.92 Å². The Labute approximate surface area is 79.3 Å². The van der Waals surface area contributed by atoms with Crippen LogP contribution in [-0.4, -0.2) is 0 Å². The van der Waals surface area contributed by atoms with E-state index in [4.69, 9.17) is 11.6 Å². The van der Waals surface area contributed by atoms with E-state index in [1.165, 1.54) is 0 Å². The number of benzene rings is 1. The molecule has 0 aliphatic rings. The van der Waals surface area contributed by atoms with Crippen LogP contribution in [0.15, 0.2) is 12.1 Å².